The molecular formula is C12H22N4O2. The van der Waals surface area contributed by atoms with Gasteiger partial charge in [-0.05, 0) is 32.7 Å². The van der Waals surface area contributed by atoms with Crippen molar-refractivity contribution in [3.05, 3.63) is 0 Å². The van der Waals surface area contributed by atoms with Gasteiger partial charge in [-0.25, -0.2) is 5.84 Å². The molecule has 1 saturated heterocycles. The van der Waals surface area contributed by atoms with Crippen molar-refractivity contribution in [2.45, 2.75) is 31.7 Å². The van der Waals surface area contributed by atoms with Gasteiger partial charge in [-0.2, -0.15) is 0 Å². The summed E-state index contributed by atoms with van der Waals surface area (Å²) in [7, 11) is 2.00. The maximum Gasteiger partial charge on any atom is 0.237 e. The molecule has 18 heavy (non-hydrogen) atoms. The molecule has 2 amide bonds. The van der Waals surface area contributed by atoms with Gasteiger partial charge in [-0.1, -0.05) is 0 Å². The van der Waals surface area contributed by atoms with Crippen molar-refractivity contribution >= 4 is 11.8 Å². The minimum absolute atomic E-state index is 0.0415. The summed E-state index contributed by atoms with van der Waals surface area (Å²) in [5, 5.41) is 0. The first-order valence-corrected chi connectivity index (χ1v) is 6.60. The number of carbonyl (C=O) groups excluding carboxylic acids is 2. The quantitative estimate of drug-likeness (QED) is 0.395. The zero-order valence-electron chi connectivity index (χ0n) is 10.9. The van der Waals surface area contributed by atoms with Crippen molar-refractivity contribution in [1.29, 1.82) is 0 Å². The topological polar surface area (TPSA) is 78.7 Å². The van der Waals surface area contributed by atoms with Gasteiger partial charge in [0.1, 0.15) is 0 Å². The van der Waals surface area contributed by atoms with Gasteiger partial charge in [-0.3, -0.25) is 19.9 Å². The van der Waals surface area contributed by atoms with Crippen LogP contribution in [-0.2, 0) is 9.59 Å². The number of amides is 2. The number of hydrazine groups is 1. The van der Waals surface area contributed by atoms with E-state index in [1.165, 1.54) is 12.8 Å². The van der Waals surface area contributed by atoms with Gasteiger partial charge in [0.25, 0.3) is 0 Å². The van der Waals surface area contributed by atoms with Crippen LogP contribution >= 0.6 is 0 Å². The van der Waals surface area contributed by atoms with E-state index in [2.05, 4.69) is 10.3 Å². The summed E-state index contributed by atoms with van der Waals surface area (Å²) < 4.78 is 0. The third-order valence-electron chi connectivity index (χ3n) is 3.92. The van der Waals surface area contributed by atoms with Crippen LogP contribution in [0.1, 0.15) is 25.7 Å². The molecule has 6 nitrogen and oxygen atoms in total. The van der Waals surface area contributed by atoms with Gasteiger partial charge < -0.3 is 4.90 Å². The minimum atomic E-state index is -0.114. The zero-order valence-corrected chi connectivity index (χ0v) is 10.9. The molecular weight excluding hydrogens is 232 g/mol. The average Bonchev–Trinajstić information content (AvgIpc) is 3.22. The van der Waals surface area contributed by atoms with Crippen molar-refractivity contribution in [3.8, 4) is 0 Å². The molecule has 0 spiro atoms. The van der Waals surface area contributed by atoms with E-state index in [-0.39, 0.29) is 17.7 Å². The van der Waals surface area contributed by atoms with Gasteiger partial charge in [0.2, 0.25) is 11.8 Å². The number of hydrogen-bond donors (Lipinski definition) is 2. The molecule has 0 radical (unpaired) electrons. The van der Waals surface area contributed by atoms with Crippen LogP contribution in [0.25, 0.3) is 0 Å². The third kappa shape index (κ3) is 3.20. The largest absolute Gasteiger partial charge is 0.342 e. The van der Waals surface area contributed by atoms with E-state index in [1.807, 2.05) is 11.9 Å². The lowest BCUT2D eigenvalue weighted by molar-refractivity contribution is -0.136. The normalized spacial score (nSPS) is 21.2. The molecule has 0 aromatic heterocycles. The van der Waals surface area contributed by atoms with Crippen LogP contribution in [0.15, 0.2) is 0 Å². The van der Waals surface area contributed by atoms with Crippen molar-refractivity contribution in [2.75, 3.05) is 26.7 Å². The Morgan fingerprint density at radius 2 is 1.89 bits per heavy atom. The Bertz CT molecular complexity index is 322. The molecule has 6 heteroatoms. The highest BCUT2D eigenvalue weighted by Gasteiger charge is 2.30. The second kappa shape index (κ2) is 5.67. The molecule has 102 valence electrons. The number of likely N-dealkylation sites (N-methyl/N-ethyl adjacent to an activating group) is 1. The van der Waals surface area contributed by atoms with E-state index in [1.54, 1.807) is 0 Å². The predicted molar refractivity (Wildman–Crippen MR) is 67.3 cm³/mol. The van der Waals surface area contributed by atoms with Crippen molar-refractivity contribution < 1.29 is 9.59 Å². The molecule has 3 N–H and O–H groups in total. The van der Waals surface area contributed by atoms with Gasteiger partial charge >= 0.3 is 0 Å². The van der Waals surface area contributed by atoms with Crippen LogP contribution in [-0.4, -0.2) is 54.3 Å². The Morgan fingerprint density at radius 1 is 1.28 bits per heavy atom. The third-order valence-corrected chi connectivity index (χ3v) is 3.92. The first-order valence-electron chi connectivity index (χ1n) is 6.60. The highest BCUT2D eigenvalue weighted by atomic mass is 16.2. The average molecular weight is 254 g/mol. The van der Waals surface area contributed by atoms with E-state index in [0.717, 1.165) is 0 Å². The van der Waals surface area contributed by atoms with Crippen molar-refractivity contribution in [3.63, 3.8) is 0 Å². The molecule has 1 heterocycles. The second-order valence-corrected chi connectivity index (χ2v) is 5.31. The molecule has 2 rings (SSSR count). The number of carbonyl (C=O) groups is 2. The molecule has 0 atom stereocenters. The molecule has 2 fully saturated rings. The van der Waals surface area contributed by atoms with Crippen LogP contribution in [0.2, 0.25) is 0 Å². The fraction of sp³-hybridized carbons (Fsp3) is 0.833. The molecule has 1 saturated carbocycles. The maximum absolute atomic E-state index is 12.0. The Labute approximate surface area is 107 Å². The van der Waals surface area contributed by atoms with E-state index in [9.17, 15) is 9.59 Å². The van der Waals surface area contributed by atoms with E-state index < -0.39 is 0 Å². The van der Waals surface area contributed by atoms with Crippen LogP contribution in [0, 0.1) is 5.92 Å². The number of rotatable bonds is 4. The number of hydrogen-bond acceptors (Lipinski definition) is 4. The summed E-state index contributed by atoms with van der Waals surface area (Å²) in [4.78, 5) is 27.4. The SMILES string of the molecule is CN(CC(=O)N1CCC(C(=O)NN)CC1)C1CC1. The van der Waals surface area contributed by atoms with E-state index in [0.29, 0.717) is 38.5 Å². The molecule has 1 aliphatic heterocycles. The van der Waals surface area contributed by atoms with Crippen LogP contribution in [0.3, 0.4) is 0 Å². The summed E-state index contributed by atoms with van der Waals surface area (Å²) in [6.45, 7) is 1.82. The van der Waals surface area contributed by atoms with Crippen LogP contribution in [0.5, 0.6) is 0 Å². The minimum Gasteiger partial charge on any atom is -0.342 e. The molecule has 0 unspecified atom stereocenters. The van der Waals surface area contributed by atoms with Crippen LogP contribution in [0.4, 0.5) is 0 Å². The summed E-state index contributed by atoms with van der Waals surface area (Å²) in [6, 6.07) is 0.606. The van der Waals surface area contributed by atoms with E-state index in [4.69, 9.17) is 5.84 Å². The fourth-order valence-electron chi connectivity index (χ4n) is 2.47. The zero-order chi connectivity index (χ0) is 13.1. The monoisotopic (exact) mass is 254 g/mol. The van der Waals surface area contributed by atoms with Crippen LogP contribution < -0.4 is 11.3 Å². The Kier molecular flexibility index (Phi) is 4.19. The summed E-state index contributed by atoms with van der Waals surface area (Å²) in [5.41, 5.74) is 2.18. The van der Waals surface area contributed by atoms with Gasteiger partial charge in [0, 0.05) is 25.0 Å². The molecule has 0 aromatic rings. The Hall–Kier alpha value is -1.14. The molecule has 0 bridgehead atoms. The number of nitrogens with zero attached hydrogens (tertiary/aromatic N) is 2. The lowest BCUT2D eigenvalue weighted by atomic mass is 9.96. The maximum atomic E-state index is 12.0. The number of nitrogens with one attached hydrogen (secondary N) is 1. The highest BCUT2D eigenvalue weighted by molar-refractivity contribution is 5.80. The number of piperidine rings is 1. The Balaban J connectivity index is 1.74. The second-order valence-electron chi connectivity index (χ2n) is 5.31. The van der Waals surface area contributed by atoms with Gasteiger partial charge in [0.05, 0.1) is 6.54 Å². The molecule has 2 aliphatic rings. The highest BCUT2D eigenvalue weighted by Crippen LogP contribution is 2.25. The first kappa shape index (κ1) is 13.3. The molecule has 0 aromatic carbocycles. The van der Waals surface area contributed by atoms with Gasteiger partial charge in [-0.15, -0.1) is 0 Å². The summed E-state index contributed by atoms with van der Waals surface area (Å²) in [6.07, 6.45) is 3.84. The lowest BCUT2D eigenvalue weighted by Crippen LogP contribution is -2.47. The molecule has 1 aliphatic carbocycles. The van der Waals surface area contributed by atoms with E-state index >= 15 is 0 Å². The predicted octanol–water partition coefficient (Wildman–Crippen LogP) is -0.691. The first-order chi connectivity index (χ1) is 8.61. The summed E-state index contributed by atoms with van der Waals surface area (Å²) >= 11 is 0. The smallest absolute Gasteiger partial charge is 0.237 e. The van der Waals surface area contributed by atoms with Crippen molar-refractivity contribution in [1.82, 2.24) is 15.2 Å². The number of nitrogens with two attached hydrogens (primary N) is 1. The van der Waals surface area contributed by atoms with Crippen molar-refractivity contribution in [2.24, 2.45) is 11.8 Å². The summed E-state index contributed by atoms with van der Waals surface area (Å²) in [5.74, 6) is 5.14. The lowest BCUT2D eigenvalue weighted by Gasteiger charge is -2.32. The standard InChI is InChI=1S/C12H22N4O2/c1-15(10-2-3-10)8-11(17)16-6-4-9(5-7-16)12(18)14-13/h9-10H,2-8,13H2,1H3,(H,14,18). The van der Waals surface area contributed by atoms with Gasteiger partial charge in [0.15, 0.2) is 0 Å². The Morgan fingerprint density at radius 3 is 2.39 bits per heavy atom. The number of likely N-dealkylation sites (tertiary alicyclic amines) is 1. The fourth-order valence-corrected chi connectivity index (χ4v) is 2.47.